The molecule has 1 aliphatic rings. The third-order valence-electron chi connectivity index (χ3n) is 4.19. The van der Waals surface area contributed by atoms with Gasteiger partial charge in [0.15, 0.2) is 0 Å². The highest BCUT2D eigenvalue weighted by Crippen LogP contribution is 2.11. The van der Waals surface area contributed by atoms with Crippen LogP contribution in [0.2, 0.25) is 0 Å². The smallest absolute Gasteiger partial charge is 0.251 e. The van der Waals surface area contributed by atoms with Gasteiger partial charge in [0.05, 0.1) is 6.33 Å². The van der Waals surface area contributed by atoms with Crippen LogP contribution < -0.4 is 5.32 Å². The van der Waals surface area contributed by atoms with Crippen LogP contribution in [0, 0.1) is 0 Å². The summed E-state index contributed by atoms with van der Waals surface area (Å²) in [6, 6.07) is 8.11. The van der Waals surface area contributed by atoms with Crippen molar-refractivity contribution in [1.82, 2.24) is 19.8 Å². The molecule has 1 amide bonds. The van der Waals surface area contributed by atoms with Gasteiger partial charge in [-0.25, -0.2) is 4.98 Å². The second-order valence-electron chi connectivity index (χ2n) is 5.98. The van der Waals surface area contributed by atoms with Crippen molar-refractivity contribution in [2.75, 3.05) is 20.1 Å². The summed E-state index contributed by atoms with van der Waals surface area (Å²) in [5.41, 5.74) is 1.89. The molecule has 5 heteroatoms. The Morgan fingerprint density at radius 1 is 1.27 bits per heavy atom. The summed E-state index contributed by atoms with van der Waals surface area (Å²) in [7, 11) is 2.12. The van der Waals surface area contributed by atoms with E-state index in [4.69, 9.17) is 0 Å². The highest BCUT2D eigenvalue weighted by Gasteiger charge is 2.18. The molecule has 2 aromatic rings. The lowest BCUT2D eigenvalue weighted by molar-refractivity contribution is 0.0917. The number of imidazole rings is 1. The second-order valence-corrected chi connectivity index (χ2v) is 5.98. The van der Waals surface area contributed by atoms with Crippen molar-refractivity contribution in [2.45, 2.75) is 25.4 Å². The van der Waals surface area contributed by atoms with E-state index in [9.17, 15) is 4.79 Å². The molecule has 1 aromatic heterocycles. The van der Waals surface area contributed by atoms with Crippen molar-refractivity contribution in [2.24, 2.45) is 0 Å². The Balaban J connectivity index is 1.56. The van der Waals surface area contributed by atoms with E-state index < -0.39 is 0 Å². The third-order valence-corrected chi connectivity index (χ3v) is 4.19. The largest absolute Gasteiger partial charge is 0.349 e. The van der Waals surface area contributed by atoms with E-state index in [2.05, 4.69) is 22.2 Å². The van der Waals surface area contributed by atoms with Gasteiger partial charge in [-0.2, -0.15) is 0 Å². The van der Waals surface area contributed by atoms with Crippen LogP contribution in [0.5, 0.6) is 0 Å². The first kappa shape index (κ1) is 14.8. The maximum atomic E-state index is 12.3. The Labute approximate surface area is 131 Å². The normalized spacial score (nSPS) is 16.6. The zero-order valence-corrected chi connectivity index (χ0v) is 12.9. The number of hydrogen-bond acceptors (Lipinski definition) is 3. The molecule has 1 saturated heterocycles. The fourth-order valence-electron chi connectivity index (χ4n) is 2.77. The van der Waals surface area contributed by atoms with Crippen molar-refractivity contribution < 1.29 is 4.79 Å². The molecule has 0 unspecified atom stereocenters. The zero-order chi connectivity index (χ0) is 15.4. The molecule has 116 valence electrons. The van der Waals surface area contributed by atoms with Gasteiger partial charge in [0, 0.05) is 30.5 Å². The molecule has 3 rings (SSSR count). The molecule has 0 aliphatic carbocycles. The Bertz CT molecular complexity index is 598. The van der Waals surface area contributed by atoms with Gasteiger partial charge in [0.1, 0.15) is 0 Å². The molecule has 1 fully saturated rings. The van der Waals surface area contributed by atoms with E-state index >= 15 is 0 Å². The van der Waals surface area contributed by atoms with Crippen molar-refractivity contribution in [1.29, 1.82) is 0 Å². The molecule has 22 heavy (non-hydrogen) atoms. The SMILES string of the molecule is CN1CCC(NC(=O)c2ccc(Cn3ccnc3)cc2)CC1. The topological polar surface area (TPSA) is 50.2 Å². The molecular formula is C17H22N4O. The Morgan fingerprint density at radius 2 is 2.00 bits per heavy atom. The summed E-state index contributed by atoms with van der Waals surface area (Å²) in [6.45, 7) is 2.88. The standard InChI is InChI=1S/C17H22N4O/c1-20-9-6-16(7-10-20)19-17(22)15-4-2-14(3-5-15)12-21-11-8-18-13-21/h2-5,8,11,13,16H,6-7,9-10,12H2,1H3,(H,19,22). The zero-order valence-electron chi connectivity index (χ0n) is 12.9. The Kier molecular flexibility index (Phi) is 4.53. The van der Waals surface area contributed by atoms with Gasteiger partial charge in [-0.3, -0.25) is 4.79 Å². The molecule has 1 aliphatic heterocycles. The van der Waals surface area contributed by atoms with Gasteiger partial charge in [-0.15, -0.1) is 0 Å². The average Bonchev–Trinajstić information content (AvgIpc) is 3.03. The molecule has 0 bridgehead atoms. The lowest BCUT2D eigenvalue weighted by Gasteiger charge is -2.29. The van der Waals surface area contributed by atoms with Crippen molar-refractivity contribution in [3.63, 3.8) is 0 Å². The molecule has 5 nitrogen and oxygen atoms in total. The van der Waals surface area contributed by atoms with Crippen molar-refractivity contribution in [3.05, 3.63) is 54.1 Å². The molecular weight excluding hydrogens is 276 g/mol. The minimum absolute atomic E-state index is 0.0312. The average molecular weight is 298 g/mol. The first-order chi connectivity index (χ1) is 10.7. The van der Waals surface area contributed by atoms with Gasteiger partial charge >= 0.3 is 0 Å². The fourth-order valence-corrected chi connectivity index (χ4v) is 2.77. The highest BCUT2D eigenvalue weighted by molar-refractivity contribution is 5.94. The van der Waals surface area contributed by atoms with E-state index in [-0.39, 0.29) is 5.91 Å². The predicted molar refractivity (Wildman–Crippen MR) is 85.8 cm³/mol. The molecule has 0 atom stereocenters. The van der Waals surface area contributed by atoms with Crippen LogP contribution in [0.3, 0.4) is 0 Å². The summed E-state index contributed by atoms with van der Waals surface area (Å²) in [5.74, 6) is 0.0312. The summed E-state index contributed by atoms with van der Waals surface area (Å²) < 4.78 is 2.01. The van der Waals surface area contributed by atoms with E-state index in [1.54, 1.807) is 12.5 Å². The van der Waals surface area contributed by atoms with Crippen LogP contribution in [0.4, 0.5) is 0 Å². The van der Waals surface area contributed by atoms with Crippen LogP contribution in [0.1, 0.15) is 28.8 Å². The minimum atomic E-state index is 0.0312. The summed E-state index contributed by atoms with van der Waals surface area (Å²) >= 11 is 0. The highest BCUT2D eigenvalue weighted by atomic mass is 16.1. The number of aromatic nitrogens is 2. The Morgan fingerprint density at radius 3 is 2.64 bits per heavy atom. The van der Waals surface area contributed by atoms with Gasteiger partial charge in [-0.1, -0.05) is 12.1 Å². The summed E-state index contributed by atoms with van der Waals surface area (Å²) in [6.07, 6.45) is 7.55. The quantitative estimate of drug-likeness (QED) is 0.935. The number of piperidine rings is 1. The molecule has 1 aromatic carbocycles. The van der Waals surface area contributed by atoms with Crippen LogP contribution in [-0.4, -0.2) is 46.5 Å². The first-order valence-corrected chi connectivity index (χ1v) is 7.75. The summed E-state index contributed by atoms with van der Waals surface area (Å²) in [5, 5.41) is 3.14. The number of hydrogen-bond donors (Lipinski definition) is 1. The number of likely N-dealkylation sites (tertiary alicyclic amines) is 1. The minimum Gasteiger partial charge on any atom is -0.349 e. The van der Waals surface area contributed by atoms with E-state index in [1.165, 1.54) is 0 Å². The monoisotopic (exact) mass is 298 g/mol. The van der Waals surface area contributed by atoms with E-state index in [0.717, 1.165) is 43.6 Å². The van der Waals surface area contributed by atoms with Crippen LogP contribution in [0.15, 0.2) is 43.0 Å². The third kappa shape index (κ3) is 3.74. The molecule has 0 spiro atoms. The van der Waals surface area contributed by atoms with Gasteiger partial charge in [0.25, 0.3) is 5.91 Å². The Hall–Kier alpha value is -2.14. The number of nitrogens with one attached hydrogen (secondary N) is 1. The number of carbonyl (C=O) groups is 1. The lowest BCUT2D eigenvalue weighted by Crippen LogP contribution is -2.43. The fraction of sp³-hybridized carbons (Fsp3) is 0.412. The second kappa shape index (κ2) is 6.75. The van der Waals surface area contributed by atoms with Crippen LogP contribution >= 0.6 is 0 Å². The first-order valence-electron chi connectivity index (χ1n) is 7.75. The number of rotatable bonds is 4. The maximum absolute atomic E-state index is 12.3. The van der Waals surface area contributed by atoms with Crippen LogP contribution in [0.25, 0.3) is 0 Å². The molecule has 0 radical (unpaired) electrons. The summed E-state index contributed by atoms with van der Waals surface area (Å²) in [4.78, 5) is 18.6. The number of carbonyl (C=O) groups excluding carboxylic acids is 1. The van der Waals surface area contributed by atoms with E-state index in [1.807, 2.05) is 35.0 Å². The van der Waals surface area contributed by atoms with E-state index in [0.29, 0.717) is 6.04 Å². The van der Waals surface area contributed by atoms with Gasteiger partial charge in [0.2, 0.25) is 0 Å². The molecule has 2 heterocycles. The van der Waals surface area contributed by atoms with Crippen LogP contribution in [-0.2, 0) is 6.54 Å². The lowest BCUT2D eigenvalue weighted by atomic mass is 10.0. The van der Waals surface area contributed by atoms with Crippen molar-refractivity contribution >= 4 is 5.91 Å². The predicted octanol–water partition coefficient (Wildman–Crippen LogP) is 1.76. The van der Waals surface area contributed by atoms with Gasteiger partial charge < -0.3 is 14.8 Å². The van der Waals surface area contributed by atoms with Crippen molar-refractivity contribution in [3.8, 4) is 0 Å². The molecule has 1 N–H and O–H groups in total. The maximum Gasteiger partial charge on any atom is 0.251 e. The number of benzene rings is 1. The number of amides is 1. The number of nitrogens with zero attached hydrogens (tertiary/aromatic N) is 3. The van der Waals surface area contributed by atoms with Gasteiger partial charge in [-0.05, 0) is 50.7 Å². The molecule has 0 saturated carbocycles.